The number of likely N-dealkylation sites (tertiary alicyclic amines) is 1. The second-order valence-electron chi connectivity index (χ2n) is 6.23. The third-order valence-corrected chi connectivity index (χ3v) is 4.25. The topological polar surface area (TPSA) is 79.1 Å². The summed E-state index contributed by atoms with van der Waals surface area (Å²) in [4.78, 5) is 23.2. The first-order valence-electron chi connectivity index (χ1n) is 8.21. The van der Waals surface area contributed by atoms with Gasteiger partial charge in [-0.2, -0.15) is 10.2 Å². The molecule has 2 heterocycles. The second-order valence-corrected chi connectivity index (χ2v) is 6.23. The van der Waals surface area contributed by atoms with E-state index in [0.717, 1.165) is 24.2 Å². The lowest BCUT2D eigenvalue weighted by Gasteiger charge is -2.33. The van der Waals surface area contributed by atoms with E-state index in [1.54, 1.807) is 11.1 Å². The first-order chi connectivity index (χ1) is 12.2. The summed E-state index contributed by atoms with van der Waals surface area (Å²) in [5.74, 6) is 1.85. The number of amides is 1. The summed E-state index contributed by atoms with van der Waals surface area (Å²) in [6.07, 6.45) is 5.20. The Kier molecular flexibility index (Phi) is 3.90. The van der Waals surface area contributed by atoms with E-state index in [9.17, 15) is 4.79 Å². The Morgan fingerprint density at radius 1 is 1.28 bits per heavy atom. The number of hydrogen-bond acceptors (Lipinski definition) is 5. The summed E-state index contributed by atoms with van der Waals surface area (Å²) < 4.78 is 5.88. The minimum absolute atomic E-state index is 0.177. The van der Waals surface area contributed by atoms with Crippen molar-refractivity contribution in [3.05, 3.63) is 59.6 Å². The molecule has 1 saturated heterocycles. The highest BCUT2D eigenvalue weighted by molar-refractivity contribution is 5.97. The molecule has 2 aliphatic rings. The fourth-order valence-corrected chi connectivity index (χ4v) is 2.68. The number of ether oxygens (including phenoxy) is 1. The Hall–Kier alpha value is -3.20. The molecule has 1 saturated carbocycles. The van der Waals surface area contributed by atoms with Gasteiger partial charge in [0.15, 0.2) is 0 Å². The first kappa shape index (κ1) is 15.3. The molecule has 0 spiro atoms. The molecule has 2 fully saturated rings. The van der Waals surface area contributed by atoms with Gasteiger partial charge in [-0.25, -0.2) is 4.98 Å². The predicted octanol–water partition coefficient (Wildman–Crippen LogP) is 3.05. The van der Waals surface area contributed by atoms with Crippen LogP contribution >= 0.6 is 0 Å². The molecule has 6 heteroatoms. The van der Waals surface area contributed by atoms with E-state index < -0.39 is 0 Å². The molecule has 0 bridgehead atoms. The first-order valence-corrected chi connectivity index (χ1v) is 8.21. The van der Waals surface area contributed by atoms with Crippen molar-refractivity contribution in [1.29, 1.82) is 5.26 Å². The van der Waals surface area contributed by atoms with E-state index in [4.69, 9.17) is 10.00 Å². The van der Waals surface area contributed by atoms with Crippen LogP contribution in [0, 0.1) is 11.3 Å². The van der Waals surface area contributed by atoms with Crippen LogP contribution in [-0.2, 0) is 0 Å². The number of carbonyl (C=O) groups excluding carboxylic acids is 1. The molecule has 25 heavy (non-hydrogen) atoms. The molecule has 124 valence electrons. The van der Waals surface area contributed by atoms with Crippen molar-refractivity contribution >= 4 is 5.91 Å². The average molecular weight is 332 g/mol. The standard InChI is InChI=1S/C19H16N4O2/c20-9-8-13-11-23(12-13)19(24)16-10-21-17(14-6-7-14)22-18(16)25-15-4-2-1-3-5-15/h1-5,8,10,14H,6-7,11-12H2. The van der Waals surface area contributed by atoms with Crippen LogP contribution in [0.4, 0.5) is 0 Å². The Morgan fingerprint density at radius 2 is 2.04 bits per heavy atom. The molecule has 0 atom stereocenters. The molecule has 0 radical (unpaired) electrons. The fraction of sp³-hybridized carbons (Fsp3) is 0.263. The summed E-state index contributed by atoms with van der Waals surface area (Å²) in [6, 6.07) is 11.3. The maximum atomic E-state index is 12.7. The predicted molar refractivity (Wildman–Crippen MR) is 90.1 cm³/mol. The van der Waals surface area contributed by atoms with Crippen molar-refractivity contribution in [2.75, 3.05) is 13.1 Å². The van der Waals surface area contributed by atoms with Gasteiger partial charge >= 0.3 is 0 Å². The summed E-state index contributed by atoms with van der Waals surface area (Å²) >= 11 is 0. The van der Waals surface area contributed by atoms with Gasteiger partial charge in [-0.1, -0.05) is 18.2 Å². The fourth-order valence-electron chi connectivity index (χ4n) is 2.68. The number of aromatic nitrogens is 2. The Bertz CT molecular complexity index is 874. The number of allylic oxidation sites excluding steroid dienone is 1. The lowest BCUT2D eigenvalue weighted by atomic mass is 10.1. The van der Waals surface area contributed by atoms with Crippen molar-refractivity contribution in [2.24, 2.45) is 0 Å². The molecule has 1 aliphatic heterocycles. The van der Waals surface area contributed by atoms with Gasteiger partial charge in [-0.3, -0.25) is 4.79 Å². The van der Waals surface area contributed by atoms with Crippen LogP contribution in [0.1, 0.15) is 34.9 Å². The maximum absolute atomic E-state index is 12.7. The minimum atomic E-state index is -0.177. The van der Waals surface area contributed by atoms with E-state index in [2.05, 4.69) is 9.97 Å². The van der Waals surface area contributed by atoms with Crippen LogP contribution in [0.25, 0.3) is 0 Å². The normalized spacial score (nSPS) is 16.0. The molecule has 0 N–H and O–H groups in total. The van der Waals surface area contributed by atoms with Gasteiger partial charge in [-0.15, -0.1) is 0 Å². The number of nitriles is 1. The van der Waals surface area contributed by atoms with E-state index >= 15 is 0 Å². The highest BCUT2D eigenvalue weighted by Crippen LogP contribution is 2.39. The van der Waals surface area contributed by atoms with Crippen LogP contribution in [0.15, 0.2) is 48.2 Å². The third-order valence-electron chi connectivity index (χ3n) is 4.25. The highest BCUT2D eigenvalue weighted by Gasteiger charge is 2.32. The zero-order chi connectivity index (χ0) is 17.2. The van der Waals surface area contributed by atoms with Crippen LogP contribution < -0.4 is 4.74 Å². The monoisotopic (exact) mass is 332 g/mol. The zero-order valence-electron chi connectivity index (χ0n) is 13.6. The summed E-state index contributed by atoms with van der Waals surface area (Å²) in [6.45, 7) is 0.920. The molecular formula is C19H16N4O2. The smallest absolute Gasteiger partial charge is 0.261 e. The number of nitrogens with zero attached hydrogens (tertiary/aromatic N) is 4. The summed E-state index contributed by atoms with van der Waals surface area (Å²) in [7, 11) is 0. The van der Waals surface area contributed by atoms with Crippen LogP contribution in [0.2, 0.25) is 0 Å². The largest absolute Gasteiger partial charge is 0.438 e. The average Bonchev–Trinajstić information content (AvgIpc) is 3.43. The molecule has 1 aromatic heterocycles. The molecule has 1 aromatic carbocycles. The summed E-state index contributed by atoms with van der Waals surface area (Å²) in [5, 5.41) is 8.67. The van der Waals surface area contributed by atoms with E-state index in [0.29, 0.717) is 36.2 Å². The van der Waals surface area contributed by atoms with Crippen molar-refractivity contribution in [3.63, 3.8) is 0 Å². The van der Waals surface area contributed by atoms with E-state index in [1.165, 1.54) is 6.08 Å². The Morgan fingerprint density at radius 3 is 2.72 bits per heavy atom. The van der Waals surface area contributed by atoms with E-state index in [1.807, 2.05) is 36.4 Å². The SMILES string of the molecule is N#CC=C1CN(C(=O)c2cnc(C3CC3)nc2Oc2ccccc2)C1. The van der Waals surface area contributed by atoms with Gasteiger partial charge in [-0.05, 0) is 30.5 Å². The van der Waals surface area contributed by atoms with Crippen LogP contribution in [0.3, 0.4) is 0 Å². The van der Waals surface area contributed by atoms with Crippen molar-refractivity contribution in [1.82, 2.24) is 14.9 Å². The van der Waals surface area contributed by atoms with Gasteiger partial charge in [0.1, 0.15) is 17.1 Å². The Balaban J connectivity index is 1.61. The molecule has 1 aliphatic carbocycles. The van der Waals surface area contributed by atoms with Gasteiger partial charge < -0.3 is 9.64 Å². The second kappa shape index (κ2) is 6.36. The molecule has 2 aromatic rings. The highest BCUT2D eigenvalue weighted by atomic mass is 16.5. The van der Waals surface area contributed by atoms with Gasteiger partial charge in [0.2, 0.25) is 5.88 Å². The number of rotatable bonds is 4. The lowest BCUT2D eigenvalue weighted by molar-refractivity contribution is 0.0723. The van der Waals surface area contributed by atoms with Crippen molar-refractivity contribution in [2.45, 2.75) is 18.8 Å². The minimum Gasteiger partial charge on any atom is -0.438 e. The molecule has 0 unspecified atom stereocenters. The Labute approximate surface area is 145 Å². The van der Waals surface area contributed by atoms with Gasteiger partial charge in [0.05, 0.1) is 6.07 Å². The number of carbonyl (C=O) groups is 1. The quantitative estimate of drug-likeness (QED) is 0.804. The van der Waals surface area contributed by atoms with Crippen LogP contribution in [0.5, 0.6) is 11.6 Å². The van der Waals surface area contributed by atoms with Crippen molar-refractivity contribution in [3.8, 4) is 17.7 Å². The van der Waals surface area contributed by atoms with E-state index in [-0.39, 0.29) is 5.91 Å². The maximum Gasteiger partial charge on any atom is 0.261 e. The van der Waals surface area contributed by atoms with Gasteiger partial charge in [0.25, 0.3) is 5.91 Å². The lowest BCUT2D eigenvalue weighted by Crippen LogP contribution is -2.44. The molecule has 4 rings (SSSR count). The molecule has 1 amide bonds. The van der Waals surface area contributed by atoms with Crippen LogP contribution in [-0.4, -0.2) is 33.9 Å². The molecular weight excluding hydrogens is 316 g/mol. The summed E-state index contributed by atoms with van der Waals surface area (Å²) in [5.41, 5.74) is 1.29. The third kappa shape index (κ3) is 3.22. The van der Waals surface area contributed by atoms with Crippen molar-refractivity contribution < 1.29 is 9.53 Å². The zero-order valence-corrected chi connectivity index (χ0v) is 13.6. The molecule has 6 nitrogen and oxygen atoms in total. The van der Waals surface area contributed by atoms with Gasteiger partial charge in [0, 0.05) is 31.3 Å². The number of benzene rings is 1. The number of hydrogen-bond donors (Lipinski definition) is 0. The number of para-hydroxylation sites is 1.